The molecule has 1 aromatic heterocycles. The molecule has 3 aromatic rings. The number of carbonyl (C=O) groups excluding carboxylic acids is 1. The Morgan fingerprint density at radius 2 is 2.07 bits per heavy atom. The molecule has 1 heterocycles. The summed E-state index contributed by atoms with van der Waals surface area (Å²) in [5.74, 6) is 0.716. The van der Waals surface area contributed by atoms with Crippen LogP contribution in [-0.2, 0) is 12.8 Å². The molecular weight excluding hydrogens is 384 g/mol. The molecule has 0 radical (unpaired) electrons. The van der Waals surface area contributed by atoms with E-state index in [1.54, 1.807) is 0 Å². The van der Waals surface area contributed by atoms with Gasteiger partial charge in [0, 0.05) is 21.7 Å². The summed E-state index contributed by atoms with van der Waals surface area (Å²) in [6.07, 6.45) is 2.81. The van der Waals surface area contributed by atoms with Crippen molar-refractivity contribution in [2.24, 2.45) is 0 Å². The zero-order chi connectivity index (χ0) is 20.5. The molecule has 1 amide bonds. The minimum atomic E-state index is -0.191. The van der Waals surface area contributed by atoms with Crippen molar-refractivity contribution in [2.45, 2.75) is 46.1 Å². The van der Waals surface area contributed by atoms with Gasteiger partial charge in [-0.3, -0.25) is 9.78 Å². The van der Waals surface area contributed by atoms with Crippen LogP contribution in [0, 0.1) is 6.92 Å². The lowest BCUT2D eigenvalue weighted by atomic mass is 9.99. The number of benzene rings is 2. The molecule has 0 aliphatic heterocycles. The van der Waals surface area contributed by atoms with Crippen molar-refractivity contribution in [2.75, 3.05) is 6.61 Å². The number of aromatic nitrogens is 1. The smallest absolute Gasteiger partial charge is 0.252 e. The van der Waals surface area contributed by atoms with Crippen LogP contribution in [0.4, 0.5) is 0 Å². The Kier molecular flexibility index (Phi) is 5.46. The predicted octanol–water partition coefficient (Wildman–Crippen LogP) is 5.58. The van der Waals surface area contributed by atoms with E-state index in [4.69, 9.17) is 21.3 Å². The van der Waals surface area contributed by atoms with Crippen molar-refractivity contribution < 1.29 is 9.53 Å². The van der Waals surface area contributed by atoms with Crippen LogP contribution in [0.25, 0.3) is 10.9 Å². The van der Waals surface area contributed by atoms with Crippen LogP contribution in [0.5, 0.6) is 5.75 Å². The van der Waals surface area contributed by atoms with Gasteiger partial charge in [-0.25, -0.2) is 0 Å². The third-order valence-corrected chi connectivity index (χ3v) is 5.72. The molecule has 2 aromatic carbocycles. The third kappa shape index (κ3) is 3.82. The zero-order valence-corrected chi connectivity index (χ0v) is 17.8. The first-order chi connectivity index (χ1) is 14.0. The minimum absolute atomic E-state index is 0.0886. The Hall–Kier alpha value is -2.59. The molecule has 29 heavy (non-hydrogen) atoms. The monoisotopic (exact) mass is 408 g/mol. The van der Waals surface area contributed by atoms with Crippen LogP contribution in [-0.4, -0.2) is 17.5 Å². The Balaban J connectivity index is 1.74. The van der Waals surface area contributed by atoms with Gasteiger partial charge in [0.1, 0.15) is 5.75 Å². The van der Waals surface area contributed by atoms with Crippen molar-refractivity contribution in [3.63, 3.8) is 0 Å². The first-order valence-corrected chi connectivity index (χ1v) is 10.5. The topological polar surface area (TPSA) is 51.2 Å². The number of aryl methyl sites for hydroxylation is 2. The molecule has 4 rings (SSSR count). The van der Waals surface area contributed by atoms with Gasteiger partial charge in [-0.1, -0.05) is 29.3 Å². The van der Waals surface area contributed by atoms with Crippen LogP contribution >= 0.6 is 11.6 Å². The van der Waals surface area contributed by atoms with Crippen molar-refractivity contribution in [3.8, 4) is 5.75 Å². The minimum Gasteiger partial charge on any atom is -0.494 e. The average molecular weight is 409 g/mol. The lowest BCUT2D eigenvalue weighted by molar-refractivity contribution is 0.0940. The maximum atomic E-state index is 13.4. The second kappa shape index (κ2) is 8.03. The molecule has 0 bridgehead atoms. The number of hydrogen-bond acceptors (Lipinski definition) is 3. The molecule has 0 fully saturated rings. The maximum Gasteiger partial charge on any atom is 0.252 e. The van der Waals surface area contributed by atoms with E-state index in [9.17, 15) is 4.79 Å². The van der Waals surface area contributed by atoms with Gasteiger partial charge in [0.2, 0.25) is 0 Å². The van der Waals surface area contributed by atoms with Crippen molar-refractivity contribution >= 4 is 28.4 Å². The molecule has 0 saturated carbocycles. The first kappa shape index (κ1) is 19.7. The van der Waals surface area contributed by atoms with Crippen molar-refractivity contribution in [3.05, 3.63) is 69.4 Å². The van der Waals surface area contributed by atoms with E-state index in [0.717, 1.165) is 58.3 Å². The summed E-state index contributed by atoms with van der Waals surface area (Å²) in [5, 5.41) is 4.61. The fourth-order valence-corrected chi connectivity index (χ4v) is 4.31. The fraction of sp³-hybridized carbons (Fsp3) is 0.333. The number of fused-ring (bicyclic) bond motifs is 2. The van der Waals surface area contributed by atoms with E-state index < -0.39 is 0 Å². The van der Waals surface area contributed by atoms with E-state index in [1.807, 2.05) is 51.1 Å². The molecule has 5 heteroatoms. The second-order valence-electron chi connectivity index (χ2n) is 7.60. The normalized spacial score (nSPS) is 13.9. The number of amides is 1. The number of carbonyl (C=O) groups is 1. The lowest BCUT2D eigenvalue weighted by Crippen LogP contribution is -2.28. The Labute approximate surface area is 176 Å². The van der Waals surface area contributed by atoms with E-state index in [0.29, 0.717) is 17.2 Å². The van der Waals surface area contributed by atoms with Gasteiger partial charge < -0.3 is 10.1 Å². The van der Waals surface area contributed by atoms with Gasteiger partial charge in [0.15, 0.2) is 0 Å². The van der Waals surface area contributed by atoms with Crippen molar-refractivity contribution in [1.29, 1.82) is 0 Å². The number of halogens is 1. The molecule has 1 unspecified atom stereocenters. The summed E-state index contributed by atoms with van der Waals surface area (Å²) in [5.41, 5.74) is 5.72. The second-order valence-corrected chi connectivity index (χ2v) is 8.03. The number of pyridine rings is 1. The third-order valence-electron chi connectivity index (χ3n) is 5.48. The highest BCUT2D eigenvalue weighted by atomic mass is 35.5. The summed E-state index contributed by atoms with van der Waals surface area (Å²) in [6, 6.07) is 11.4. The summed E-state index contributed by atoms with van der Waals surface area (Å²) in [6.45, 7) is 6.57. The van der Waals surface area contributed by atoms with Gasteiger partial charge in [-0.15, -0.1) is 0 Å². The quantitative estimate of drug-likeness (QED) is 0.600. The number of rotatable bonds is 5. The summed E-state index contributed by atoms with van der Waals surface area (Å²) >= 11 is 6.24. The maximum absolute atomic E-state index is 13.4. The average Bonchev–Trinajstić information content (AvgIpc) is 3.15. The highest BCUT2D eigenvalue weighted by Gasteiger charge is 2.25. The van der Waals surface area contributed by atoms with E-state index in [-0.39, 0.29) is 11.9 Å². The van der Waals surface area contributed by atoms with Gasteiger partial charge in [0.25, 0.3) is 5.91 Å². The predicted molar refractivity (Wildman–Crippen MR) is 117 cm³/mol. The molecule has 0 spiro atoms. The highest BCUT2D eigenvalue weighted by molar-refractivity contribution is 6.31. The Bertz CT molecular complexity index is 1090. The van der Waals surface area contributed by atoms with Crippen LogP contribution in [0.15, 0.2) is 36.4 Å². The fourth-order valence-electron chi connectivity index (χ4n) is 4.13. The Morgan fingerprint density at radius 1 is 1.24 bits per heavy atom. The molecule has 1 aliphatic rings. The summed E-state index contributed by atoms with van der Waals surface area (Å²) < 4.78 is 5.78. The van der Waals surface area contributed by atoms with Gasteiger partial charge in [-0.05, 0) is 69.9 Å². The zero-order valence-electron chi connectivity index (χ0n) is 17.0. The van der Waals surface area contributed by atoms with E-state index in [1.165, 1.54) is 0 Å². The molecule has 1 aliphatic carbocycles. The van der Waals surface area contributed by atoms with Gasteiger partial charge in [0.05, 0.1) is 23.7 Å². The molecule has 1 N–H and O–H groups in total. The molecule has 1 atom stereocenters. The molecule has 4 nitrogen and oxygen atoms in total. The SMILES string of the molecule is CCOc1ccc(C)cc1C(C)NC(=O)c1c2c(nc3ccc(Cl)cc13)CCC2. The van der Waals surface area contributed by atoms with Crippen LogP contribution in [0.3, 0.4) is 0 Å². The number of nitrogens with one attached hydrogen (secondary N) is 1. The van der Waals surface area contributed by atoms with E-state index >= 15 is 0 Å². The standard InChI is InChI=1S/C24H25ClN2O2/c1-4-29-22-11-8-14(2)12-18(22)15(3)26-24(28)23-17-6-5-7-20(17)27-21-10-9-16(25)13-19(21)23/h8-13,15H,4-7H2,1-3H3,(H,26,28). The Morgan fingerprint density at radius 3 is 2.86 bits per heavy atom. The largest absolute Gasteiger partial charge is 0.494 e. The number of ether oxygens (including phenoxy) is 1. The number of nitrogens with zero attached hydrogens (tertiary/aromatic N) is 1. The van der Waals surface area contributed by atoms with Crippen LogP contribution in [0.1, 0.15) is 59.1 Å². The van der Waals surface area contributed by atoms with Crippen molar-refractivity contribution in [1.82, 2.24) is 10.3 Å². The molecular formula is C24H25ClN2O2. The summed E-state index contributed by atoms with van der Waals surface area (Å²) in [7, 11) is 0. The summed E-state index contributed by atoms with van der Waals surface area (Å²) in [4.78, 5) is 18.2. The molecule has 150 valence electrons. The van der Waals surface area contributed by atoms with E-state index in [2.05, 4.69) is 11.4 Å². The van der Waals surface area contributed by atoms with Crippen LogP contribution in [0.2, 0.25) is 5.02 Å². The van der Waals surface area contributed by atoms with Gasteiger partial charge >= 0.3 is 0 Å². The molecule has 0 saturated heterocycles. The van der Waals surface area contributed by atoms with Gasteiger partial charge in [-0.2, -0.15) is 0 Å². The first-order valence-electron chi connectivity index (χ1n) is 10.1. The van der Waals surface area contributed by atoms with Crippen LogP contribution < -0.4 is 10.1 Å². The lowest BCUT2D eigenvalue weighted by Gasteiger charge is -2.20. The highest BCUT2D eigenvalue weighted by Crippen LogP contribution is 2.32. The number of hydrogen-bond donors (Lipinski definition) is 1.